The molecule has 0 amide bonds. The molecule has 0 aliphatic rings. The van der Waals surface area contributed by atoms with Crippen LogP contribution >= 0.6 is 50.7 Å². The quantitative estimate of drug-likeness (QED) is 0.669. The number of hydrogen-bond acceptors (Lipinski definition) is 1. The van der Waals surface area contributed by atoms with E-state index in [9.17, 15) is 4.39 Å². The van der Waals surface area contributed by atoms with Crippen molar-refractivity contribution in [3.8, 4) is 0 Å². The second-order valence-corrected chi connectivity index (χ2v) is 5.94. The van der Waals surface area contributed by atoms with Crippen molar-refractivity contribution in [1.29, 1.82) is 0 Å². The highest BCUT2D eigenvalue weighted by Gasteiger charge is 2.09. The van der Waals surface area contributed by atoms with E-state index in [0.29, 0.717) is 17.3 Å². The summed E-state index contributed by atoms with van der Waals surface area (Å²) in [5.41, 5.74) is 1.44. The van der Waals surface area contributed by atoms with Gasteiger partial charge in [-0.2, -0.15) is 0 Å². The molecule has 0 aliphatic heterocycles. The molecule has 2 aromatic carbocycles. The summed E-state index contributed by atoms with van der Waals surface area (Å²) in [4.78, 5) is 0. The number of halogens is 5. The Hall–Kier alpha value is -0.480. The zero-order chi connectivity index (χ0) is 14.0. The summed E-state index contributed by atoms with van der Waals surface area (Å²) >= 11 is 21.3. The average Bonchev–Trinajstić information content (AvgIpc) is 2.32. The van der Waals surface area contributed by atoms with E-state index in [-0.39, 0.29) is 10.0 Å². The molecular weight excluding hydrogens is 375 g/mol. The van der Waals surface area contributed by atoms with Crippen LogP contribution in [0.2, 0.25) is 15.1 Å². The average molecular weight is 383 g/mol. The lowest BCUT2D eigenvalue weighted by molar-refractivity contribution is 0.628. The van der Waals surface area contributed by atoms with Gasteiger partial charge < -0.3 is 5.32 Å². The fourth-order valence-electron chi connectivity index (χ4n) is 1.57. The van der Waals surface area contributed by atoms with Gasteiger partial charge in [0.25, 0.3) is 0 Å². The van der Waals surface area contributed by atoms with Crippen LogP contribution in [0.1, 0.15) is 5.56 Å². The molecule has 0 spiro atoms. The third-order valence-electron chi connectivity index (χ3n) is 2.47. The standard InChI is InChI=1S/C13H8BrCl3FN/c14-10-2-1-8(15)3-7(10)6-19-13-11(16)4-9(18)5-12(13)17/h1-5,19H,6H2. The molecule has 1 N–H and O–H groups in total. The molecule has 19 heavy (non-hydrogen) atoms. The van der Waals surface area contributed by atoms with E-state index >= 15 is 0 Å². The van der Waals surface area contributed by atoms with Gasteiger partial charge in [0.15, 0.2) is 0 Å². The Labute approximate surface area is 133 Å². The highest BCUT2D eigenvalue weighted by atomic mass is 79.9. The molecular formula is C13H8BrCl3FN. The minimum Gasteiger partial charge on any atom is -0.379 e. The predicted molar refractivity (Wildman–Crippen MR) is 82.9 cm³/mol. The van der Waals surface area contributed by atoms with Crippen molar-refractivity contribution in [3.05, 3.63) is 61.3 Å². The number of rotatable bonds is 3. The SMILES string of the molecule is Fc1cc(Cl)c(NCc2cc(Cl)ccc2Br)c(Cl)c1. The molecule has 0 fully saturated rings. The van der Waals surface area contributed by atoms with Gasteiger partial charge in [0.1, 0.15) is 5.82 Å². The molecule has 2 aromatic rings. The molecule has 2 rings (SSSR count). The number of nitrogens with one attached hydrogen (secondary N) is 1. The number of anilines is 1. The minimum atomic E-state index is -0.468. The Bertz CT molecular complexity index is 596. The summed E-state index contributed by atoms with van der Waals surface area (Å²) in [6.07, 6.45) is 0. The maximum atomic E-state index is 13.1. The van der Waals surface area contributed by atoms with Crippen LogP contribution in [-0.4, -0.2) is 0 Å². The Morgan fingerprint density at radius 3 is 2.32 bits per heavy atom. The van der Waals surface area contributed by atoms with Gasteiger partial charge in [0, 0.05) is 16.0 Å². The van der Waals surface area contributed by atoms with Crippen LogP contribution in [0.4, 0.5) is 10.1 Å². The zero-order valence-corrected chi connectivity index (χ0v) is 13.3. The molecule has 1 nitrogen and oxygen atoms in total. The third-order valence-corrected chi connectivity index (χ3v) is 4.08. The van der Waals surface area contributed by atoms with Gasteiger partial charge >= 0.3 is 0 Å². The van der Waals surface area contributed by atoms with Gasteiger partial charge in [-0.25, -0.2) is 4.39 Å². The maximum Gasteiger partial charge on any atom is 0.126 e. The fourth-order valence-corrected chi connectivity index (χ4v) is 2.75. The topological polar surface area (TPSA) is 12.0 Å². The first-order valence-corrected chi connectivity index (χ1v) is 7.22. The molecule has 6 heteroatoms. The van der Waals surface area contributed by atoms with E-state index < -0.39 is 5.82 Å². The molecule has 0 unspecified atom stereocenters. The van der Waals surface area contributed by atoms with Crippen molar-refractivity contribution in [2.24, 2.45) is 0 Å². The second-order valence-electron chi connectivity index (χ2n) is 3.83. The van der Waals surface area contributed by atoms with Crippen LogP contribution in [0.3, 0.4) is 0 Å². The smallest absolute Gasteiger partial charge is 0.126 e. The third kappa shape index (κ3) is 3.76. The lowest BCUT2D eigenvalue weighted by Gasteiger charge is -2.12. The lowest BCUT2D eigenvalue weighted by Crippen LogP contribution is -2.02. The van der Waals surface area contributed by atoms with Crippen LogP contribution in [0.5, 0.6) is 0 Å². The van der Waals surface area contributed by atoms with E-state index in [1.54, 1.807) is 6.07 Å². The van der Waals surface area contributed by atoms with Gasteiger partial charge in [-0.3, -0.25) is 0 Å². The first kappa shape index (κ1) is 14.9. The summed E-state index contributed by atoms with van der Waals surface area (Å²) in [6, 6.07) is 7.88. The van der Waals surface area contributed by atoms with E-state index in [1.807, 2.05) is 12.1 Å². The van der Waals surface area contributed by atoms with E-state index in [1.165, 1.54) is 12.1 Å². The molecule has 0 radical (unpaired) electrons. The highest BCUT2D eigenvalue weighted by Crippen LogP contribution is 2.32. The first-order valence-electron chi connectivity index (χ1n) is 5.29. The van der Waals surface area contributed by atoms with Gasteiger partial charge in [-0.1, -0.05) is 50.7 Å². The Morgan fingerprint density at radius 1 is 1.05 bits per heavy atom. The highest BCUT2D eigenvalue weighted by molar-refractivity contribution is 9.10. The molecule has 0 bridgehead atoms. The minimum absolute atomic E-state index is 0.239. The fraction of sp³-hybridized carbons (Fsp3) is 0.0769. The van der Waals surface area contributed by atoms with E-state index in [4.69, 9.17) is 34.8 Å². The van der Waals surface area contributed by atoms with E-state index in [0.717, 1.165) is 10.0 Å². The molecule has 100 valence electrons. The van der Waals surface area contributed by atoms with Crippen LogP contribution in [0, 0.1) is 5.82 Å². The molecule has 0 aliphatic carbocycles. The van der Waals surface area contributed by atoms with Crippen molar-refractivity contribution in [2.45, 2.75) is 6.54 Å². The van der Waals surface area contributed by atoms with Crippen LogP contribution < -0.4 is 5.32 Å². The van der Waals surface area contributed by atoms with Crippen molar-refractivity contribution in [1.82, 2.24) is 0 Å². The molecule has 0 aromatic heterocycles. The molecule has 0 heterocycles. The van der Waals surface area contributed by atoms with Crippen molar-refractivity contribution in [2.75, 3.05) is 5.32 Å². The molecule has 0 atom stereocenters. The predicted octanol–water partition coefficient (Wildman–Crippen LogP) is 6.16. The summed E-state index contributed by atoms with van der Waals surface area (Å²) < 4.78 is 14.0. The van der Waals surface area contributed by atoms with Crippen LogP contribution in [0.25, 0.3) is 0 Å². The van der Waals surface area contributed by atoms with Gasteiger partial charge in [-0.05, 0) is 35.9 Å². The number of hydrogen-bond donors (Lipinski definition) is 1. The second kappa shape index (κ2) is 6.31. The monoisotopic (exact) mass is 381 g/mol. The molecule has 0 saturated heterocycles. The van der Waals surface area contributed by atoms with Gasteiger partial charge in [0.05, 0.1) is 15.7 Å². The zero-order valence-electron chi connectivity index (χ0n) is 9.48. The first-order chi connectivity index (χ1) is 8.97. The van der Waals surface area contributed by atoms with Gasteiger partial charge in [0.2, 0.25) is 0 Å². The molecule has 0 saturated carbocycles. The lowest BCUT2D eigenvalue weighted by atomic mass is 10.2. The maximum absolute atomic E-state index is 13.1. The normalized spacial score (nSPS) is 10.6. The summed E-state index contributed by atoms with van der Waals surface area (Å²) in [5.74, 6) is -0.468. The summed E-state index contributed by atoms with van der Waals surface area (Å²) in [5, 5.41) is 4.19. The number of benzene rings is 2. The van der Waals surface area contributed by atoms with Crippen molar-refractivity contribution >= 4 is 56.4 Å². The Morgan fingerprint density at radius 2 is 1.68 bits per heavy atom. The Balaban J connectivity index is 2.21. The summed E-state index contributed by atoms with van der Waals surface area (Å²) in [6.45, 7) is 0.464. The van der Waals surface area contributed by atoms with Crippen LogP contribution in [-0.2, 0) is 6.54 Å². The van der Waals surface area contributed by atoms with Crippen molar-refractivity contribution < 1.29 is 4.39 Å². The van der Waals surface area contributed by atoms with Crippen LogP contribution in [0.15, 0.2) is 34.8 Å². The van der Waals surface area contributed by atoms with E-state index in [2.05, 4.69) is 21.2 Å². The largest absolute Gasteiger partial charge is 0.379 e. The van der Waals surface area contributed by atoms with Crippen molar-refractivity contribution in [3.63, 3.8) is 0 Å². The Kier molecular flexibility index (Phi) is 4.96. The van der Waals surface area contributed by atoms with Gasteiger partial charge in [-0.15, -0.1) is 0 Å². The summed E-state index contributed by atoms with van der Waals surface area (Å²) in [7, 11) is 0.